The Morgan fingerprint density at radius 2 is 1.52 bits per heavy atom. The topological polar surface area (TPSA) is 90.0 Å². The maximum atomic E-state index is 14.1. The highest BCUT2D eigenvalue weighted by Gasteiger charge is 2.34. The second kappa shape index (κ2) is 14.0. The summed E-state index contributed by atoms with van der Waals surface area (Å²) in [5.74, 6) is -1.42. The number of halogens is 1. The van der Waals surface area contributed by atoms with Gasteiger partial charge in [0.2, 0.25) is 11.8 Å². The molecule has 3 aromatic carbocycles. The lowest BCUT2D eigenvalue weighted by Gasteiger charge is -2.34. The van der Waals surface area contributed by atoms with Gasteiger partial charge < -0.3 is 10.2 Å². The van der Waals surface area contributed by atoms with E-state index >= 15 is 0 Å². The monoisotopic (exact) mass is 568 g/mol. The average molecular weight is 569 g/mol. The number of aryl methyl sites for hydroxylation is 1. The molecule has 0 radical (unpaired) electrons. The molecule has 0 unspecified atom stereocenters. The fourth-order valence-corrected chi connectivity index (χ4v) is 5.19. The van der Waals surface area contributed by atoms with Gasteiger partial charge in [0.05, 0.1) is 5.69 Å². The summed E-state index contributed by atoms with van der Waals surface area (Å²) < 4.78 is 42.2. The molecule has 10 heteroatoms. The first-order chi connectivity index (χ1) is 19.0. The number of hydrogen-bond acceptors (Lipinski definition) is 4. The summed E-state index contributed by atoms with van der Waals surface area (Å²) in [7, 11) is -1.42. The van der Waals surface area contributed by atoms with Gasteiger partial charge in [0.25, 0.3) is 0 Å². The van der Waals surface area contributed by atoms with Crippen molar-refractivity contribution < 1.29 is 22.4 Å². The number of amides is 2. The van der Waals surface area contributed by atoms with Crippen molar-refractivity contribution in [2.75, 3.05) is 31.5 Å². The van der Waals surface area contributed by atoms with Crippen LogP contribution in [0.15, 0.2) is 78.9 Å². The van der Waals surface area contributed by atoms with Crippen LogP contribution >= 0.6 is 0 Å². The van der Waals surface area contributed by atoms with Gasteiger partial charge in [-0.1, -0.05) is 67.1 Å². The van der Waals surface area contributed by atoms with Gasteiger partial charge in [0, 0.05) is 33.6 Å². The Hall–Kier alpha value is -3.76. The third kappa shape index (κ3) is 8.12. The Morgan fingerprint density at radius 1 is 0.900 bits per heavy atom. The van der Waals surface area contributed by atoms with E-state index in [0.717, 1.165) is 43.9 Å². The van der Waals surface area contributed by atoms with E-state index in [1.165, 1.54) is 31.1 Å². The summed E-state index contributed by atoms with van der Waals surface area (Å²) >= 11 is 0. The summed E-state index contributed by atoms with van der Waals surface area (Å²) in [6.45, 7) is 3.84. The summed E-state index contributed by atoms with van der Waals surface area (Å²) in [6, 6.07) is 21.0. The Morgan fingerprint density at radius 3 is 2.10 bits per heavy atom. The van der Waals surface area contributed by atoms with Crippen LogP contribution in [0.25, 0.3) is 0 Å². The van der Waals surface area contributed by atoms with Crippen LogP contribution in [-0.4, -0.2) is 62.7 Å². The zero-order valence-electron chi connectivity index (χ0n) is 23.4. The number of carbonyl (C=O) groups is 2. The molecule has 8 nitrogen and oxygen atoms in total. The van der Waals surface area contributed by atoms with Gasteiger partial charge in [-0.05, 0) is 48.7 Å². The molecule has 0 saturated heterocycles. The lowest BCUT2D eigenvalue weighted by Crippen LogP contribution is -2.54. The summed E-state index contributed by atoms with van der Waals surface area (Å²) in [4.78, 5) is 29.0. The number of carbonyl (C=O) groups excluding carboxylic acids is 2. The van der Waals surface area contributed by atoms with Gasteiger partial charge >= 0.3 is 10.2 Å². The van der Waals surface area contributed by atoms with E-state index in [2.05, 4.69) is 5.32 Å². The highest BCUT2D eigenvalue weighted by Crippen LogP contribution is 2.22. The third-order valence-electron chi connectivity index (χ3n) is 6.43. The van der Waals surface area contributed by atoms with Gasteiger partial charge in [-0.3, -0.25) is 9.59 Å². The van der Waals surface area contributed by atoms with Crippen LogP contribution in [0.1, 0.15) is 30.0 Å². The predicted molar refractivity (Wildman–Crippen MR) is 155 cm³/mol. The molecule has 0 aromatic heterocycles. The van der Waals surface area contributed by atoms with Gasteiger partial charge in [-0.15, -0.1) is 0 Å². The first-order valence-corrected chi connectivity index (χ1v) is 14.5. The van der Waals surface area contributed by atoms with Crippen molar-refractivity contribution >= 4 is 27.7 Å². The second-order valence-corrected chi connectivity index (χ2v) is 11.8. The SMILES string of the molecule is CCCNC(=O)[C@@H](Cc1ccccc1)N(Cc1ccc(C)cc1)C(=O)CN(c1ccc(F)cc1)S(=O)(=O)N(C)C. The van der Waals surface area contributed by atoms with Gasteiger partial charge in [0.15, 0.2) is 0 Å². The van der Waals surface area contributed by atoms with Crippen LogP contribution in [0.3, 0.4) is 0 Å². The molecular weight excluding hydrogens is 531 g/mol. The minimum Gasteiger partial charge on any atom is -0.354 e. The fraction of sp³-hybridized carbons (Fsp3) is 0.333. The molecule has 2 amide bonds. The van der Waals surface area contributed by atoms with Crippen LogP contribution in [0.4, 0.5) is 10.1 Å². The molecule has 0 spiro atoms. The van der Waals surface area contributed by atoms with E-state index in [4.69, 9.17) is 0 Å². The van der Waals surface area contributed by atoms with Crippen LogP contribution in [0.5, 0.6) is 0 Å². The quantitative estimate of drug-likeness (QED) is 0.339. The van der Waals surface area contributed by atoms with Crippen molar-refractivity contribution in [1.29, 1.82) is 0 Å². The molecule has 1 atom stereocenters. The second-order valence-electron chi connectivity index (χ2n) is 9.78. The summed E-state index contributed by atoms with van der Waals surface area (Å²) in [6.07, 6.45) is 0.958. The molecule has 0 aliphatic rings. The van der Waals surface area contributed by atoms with Crippen molar-refractivity contribution in [3.63, 3.8) is 0 Å². The van der Waals surface area contributed by atoms with Crippen LogP contribution < -0.4 is 9.62 Å². The van der Waals surface area contributed by atoms with E-state index in [9.17, 15) is 22.4 Å². The standard InChI is InChI=1S/C30H37FN4O4S/c1-5-19-32-30(37)28(20-24-9-7-6-8-10-24)34(21-25-13-11-23(2)12-14-25)29(36)22-35(40(38,39)33(3)4)27-17-15-26(31)16-18-27/h6-18,28H,5,19-22H2,1-4H3,(H,32,37)/t28-/m1/s1. The van der Waals surface area contributed by atoms with Crippen molar-refractivity contribution in [3.05, 3.63) is 101 Å². The van der Waals surface area contributed by atoms with Gasteiger partial charge in [0.1, 0.15) is 18.4 Å². The normalized spacial score (nSPS) is 12.2. The van der Waals surface area contributed by atoms with Gasteiger partial charge in [-0.25, -0.2) is 8.70 Å². The number of anilines is 1. The first-order valence-electron chi connectivity index (χ1n) is 13.1. The first kappa shape index (κ1) is 30.8. The molecule has 0 fully saturated rings. The number of rotatable bonds is 13. The molecule has 214 valence electrons. The Labute approximate surface area is 236 Å². The zero-order chi connectivity index (χ0) is 29.3. The number of nitrogens with one attached hydrogen (secondary N) is 1. The van der Waals surface area contributed by atoms with E-state index < -0.39 is 34.5 Å². The highest BCUT2D eigenvalue weighted by atomic mass is 32.2. The Balaban J connectivity index is 2.06. The number of hydrogen-bond donors (Lipinski definition) is 1. The van der Waals surface area contributed by atoms with Crippen LogP contribution in [0.2, 0.25) is 0 Å². The Kier molecular flexibility index (Phi) is 10.8. The minimum absolute atomic E-state index is 0.0927. The molecule has 1 N–H and O–H groups in total. The summed E-state index contributed by atoms with van der Waals surface area (Å²) in [5, 5.41) is 2.91. The smallest absolute Gasteiger partial charge is 0.304 e. The highest BCUT2D eigenvalue weighted by molar-refractivity contribution is 7.90. The largest absolute Gasteiger partial charge is 0.354 e. The van der Waals surface area contributed by atoms with E-state index in [1.54, 1.807) is 0 Å². The van der Waals surface area contributed by atoms with Crippen molar-refractivity contribution in [3.8, 4) is 0 Å². The average Bonchev–Trinajstić information content (AvgIpc) is 2.94. The molecule has 0 bridgehead atoms. The van der Waals surface area contributed by atoms with E-state index in [0.29, 0.717) is 6.54 Å². The third-order valence-corrected chi connectivity index (χ3v) is 8.25. The molecule has 0 saturated carbocycles. The molecule has 0 aliphatic heterocycles. The van der Waals surface area contributed by atoms with E-state index in [-0.39, 0.29) is 24.6 Å². The molecule has 3 aromatic rings. The minimum atomic E-state index is -4.13. The van der Waals surface area contributed by atoms with Crippen molar-refractivity contribution in [1.82, 2.24) is 14.5 Å². The fourth-order valence-electron chi connectivity index (χ4n) is 4.13. The molecular formula is C30H37FN4O4S. The zero-order valence-corrected chi connectivity index (χ0v) is 24.2. The van der Waals surface area contributed by atoms with Crippen molar-refractivity contribution in [2.24, 2.45) is 0 Å². The molecule has 0 heterocycles. The Bertz CT molecular complexity index is 1370. The maximum Gasteiger partial charge on any atom is 0.304 e. The number of benzene rings is 3. The van der Waals surface area contributed by atoms with Crippen molar-refractivity contribution in [2.45, 2.75) is 39.3 Å². The molecule has 3 rings (SSSR count). The van der Waals surface area contributed by atoms with Gasteiger partial charge in [-0.2, -0.15) is 12.7 Å². The maximum absolute atomic E-state index is 14.1. The van der Waals surface area contributed by atoms with Crippen LogP contribution in [-0.2, 0) is 32.8 Å². The van der Waals surface area contributed by atoms with E-state index in [1.807, 2.05) is 68.4 Å². The molecule has 0 aliphatic carbocycles. The summed E-state index contributed by atoms with van der Waals surface area (Å²) in [5.41, 5.74) is 2.83. The number of nitrogens with zero attached hydrogens (tertiary/aromatic N) is 3. The lowest BCUT2D eigenvalue weighted by molar-refractivity contribution is -0.140. The lowest BCUT2D eigenvalue weighted by atomic mass is 10.0. The molecule has 40 heavy (non-hydrogen) atoms. The predicted octanol–water partition coefficient (Wildman–Crippen LogP) is 3.91. The van der Waals surface area contributed by atoms with Crippen LogP contribution in [0, 0.1) is 12.7 Å².